The maximum Gasteiger partial charge on any atom is 0.0253 e. The minimum Gasteiger partial charge on any atom is -0.0648 e. The zero-order valence-corrected chi connectivity index (χ0v) is 10.7. The lowest BCUT2D eigenvalue weighted by atomic mass is 9.93. The molecule has 0 saturated carbocycles. The fourth-order valence-corrected chi connectivity index (χ4v) is 2.41. The van der Waals surface area contributed by atoms with Crippen molar-refractivity contribution in [1.29, 1.82) is 0 Å². The number of benzene rings is 2. The summed E-state index contributed by atoms with van der Waals surface area (Å²) in [5, 5.41) is 2.69. The lowest BCUT2D eigenvalue weighted by molar-refractivity contribution is 0.739. The molecular weight excluding hydrogens is 248 g/mol. The van der Waals surface area contributed by atoms with E-state index in [1.54, 1.807) is 0 Å². The second kappa shape index (κ2) is 4.36. The molecule has 0 amide bonds. The number of hydrogen-bond acceptors (Lipinski definition) is 0. The molecule has 0 aromatic heterocycles. The number of rotatable bonds is 2. The van der Waals surface area contributed by atoms with E-state index < -0.39 is 0 Å². The van der Waals surface area contributed by atoms with Gasteiger partial charge in [0.15, 0.2) is 0 Å². The molecule has 1 heteroatoms. The maximum atomic E-state index is 3.60. The van der Waals surface area contributed by atoms with Gasteiger partial charge in [-0.25, -0.2) is 0 Å². The van der Waals surface area contributed by atoms with Gasteiger partial charge in [-0.2, -0.15) is 0 Å². The first-order valence-corrected chi connectivity index (χ1v) is 6.20. The van der Waals surface area contributed by atoms with E-state index >= 15 is 0 Å². The highest BCUT2D eigenvalue weighted by Gasteiger charge is 2.08. The van der Waals surface area contributed by atoms with E-state index in [2.05, 4.69) is 66.2 Å². The van der Waals surface area contributed by atoms with E-state index in [1.165, 1.54) is 27.2 Å². The molecule has 0 bridgehead atoms. The van der Waals surface area contributed by atoms with Crippen molar-refractivity contribution in [3.05, 3.63) is 46.4 Å². The first-order chi connectivity index (χ1) is 7.24. The van der Waals surface area contributed by atoms with Gasteiger partial charge in [0.25, 0.3) is 0 Å². The van der Waals surface area contributed by atoms with E-state index in [-0.39, 0.29) is 0 Å². The standard InChI is InChI=1S/C14H15Br/c1-3-10(2)11-8-9-14(15)13-7-5-4-6-12(11)13/h4-10H,3H2,1-2H3. The van der Waals surface area contributed by atoms with Crippen LogP contribution in [0.15, 0.2) is 40.9 Å². The van der Waals surface area contributed by atoms with Gasteiger partial charge in [0.1, 0.15) is 0 Å². The molecule has 0 aliphatic rings. The quantitative estimate of drug-likeness (QED) is 0.705. The average molecular weight is 263 g/mol. The highest BCUT2D eigenvalue weighted by Crippen LogP contribution is 2.31. The van der Waals surface area contributed by atoms with Gasteiger partial charge < -0.3 is 0 Å². The summed E-state index contributed by atoms with van der Waals surface area (Å²) in [7, 11) is 0. The van der Waals surface area contributed by atoms with Crippen LogP contribution < -0.4 is 0 Å². The topological polar surface area (TPSA) is 0 Å². The normalized spacial score (nSPS) is 13.0. The lowest BCUT2D eigenvalue weighted by Crippen LogP contribution is -1.92. The fourth-order valence-electron chi connectivity index (χ4n) is 1.94. The second-order valence-corrected chi connectivity index (χ2v) is 4.85. The third kappa shape index (κ3) is 1.93. The first kappa shape index (κ1) is 10.7. The third-order valence-corrected chi connectivity index (χ3v) is 3.74. The Morgan fingerprint density at radius 1 is 1.07 bits per heavy atom. The molecule has 1 unspecified atom stereocenters. The number of halogens is 1. The molecule has 2 rings (SSSR count). The van der Waals surface area contributed by atoms with Gasteiger partial charge in [0.2, 0.25) is 0 Å². The first-order valence-electron chi connectivity index (χ1n) is 5.41. The average Bonchev–Trinajstić information content (AvgIpc) is 2.29. The molecular formula is C14H15Br. The van der Waals surface area contributed by atoms with Gasteiger partial charge >= 0.3 is 0 Å². The van der Waals surface area contributed by atoms with E-state index in [0.29, 0.717) is 5.92 Å². The molecule has 2 aromatic rings. The molecule has 0 saturated heterocycles. The summed E-state index contributed by atoms with van der Waals surface area (Å²) >= 11 is 3.60. The van der Waals surface area contributed by atoms with Gasteiger partial charge in [-0.15, -0.1) is 0 Å². The van der Waals surface area contributed by atoms with Crippen LogP contribution in [-0.2, 0) is 0 Å². The summed E-state index contributed by atoms with van der Waals surface area (Å²) < 4.78 is 1.19. The van der Waals surface area contributed by atoms with Crippen molar-refractivity contribution in [3.8, 4) is 0 Å². The van der Waals surface area contributed by atoms with Crippen LogP contribution in [0, 0.1) is 0 Å². The second-order valence-electron chi connectivity index (χ2n) is 3.99. The Bertz CT molecular complexity index is 474. The molecule has 1 atom stereocenters. The summed E-state index contributed by atoms with van der Waals surface area (Å²) in [6.07, 6.45) is 1.19. The van der Waals surface area contributed by atoms with Crippen molar-refractivity contribution in [2.24, 2.45) is 0 Å². The monoisotopic (exact) mass is 262 g/mol. The highest BCUT2D eigenvalue weighted by molar-refractivity contribution is 9.10. The van der Waals surface area contributed by atoms with Crippen LogP contribution in [0.25, 0.3) is 10.8 Å². The fraction of sp³-hybridized carbons (Fsp3) is 0.286. The summed E-state index contributed by atoms with van der Waals surface area (Å²) in [6, 6.07) is 13.0. The van der Waals surface area contributed by atoms with Gasteiger partial charge in [-0.1, -0.05) is 60.1 Å². The van der Waals surface area contributed by atoms with Crippen molar-refractivity contribution in [1.82, 2.24) is 0 Å². The predicted octanol–water partition coefficient (Wildman–Crippen LogP) is 5.12. The van der Waals surface area contributed by atoms with E-state index in [9.17, 15) is 0 Å². The van der Waals surface area contributed by atoms with E-state index in [4.69, 9.17) is 0 Å². The van der Waals surface area contributed by atoms with E-state index in [1.807, 2.05) is 0 Å². The zero-order chi connectivity index (χ0) is 10.8. The van der Waals surface area contributed by atoms with Gasteiger partial charge in [0, 0.05) is 4.47 Å². The zero-order valence-electron chi connectivity index (χ0n) is 9.13. The van der Waals surface area contributed by atoms with Crippen molar-refractivity contribution in [2.75, 3.05) is 0 Å². The summed E-state index contributed by atoms with van der Waals surface area (Å²) in [6.45, 7) is 4.52. The number of hydrogen-bond donors (Lipinski definition) is 0. The minimum absolute atomic E-state index is 0.628. The summed E-state index contributed by atoms with van der Waals surface area (Å²) in [4.78, 5) is 0. The number of fused-ring (bicyclic) bond motifs is 1. The lowest BCUT2D eigenvalue weighted by Gasteiger charge is -2.13. The Hall–Kier alpha value is -0.820. The van der Waals surface area contributed by atoms with Crippen LogP contribution in [0.1, 0.15) is 31.7 Å². The SMILES string of the molecule is CCC(C)c1ccc(Br)c2ccccc12. The van der Waals surface area contributed by atoms with Crippen LogP contribution in [0.3, 0.4) is 0 Å². The van der Waals surface area contributed by atoms with Crippen molar-refractivity contribution in [3.63, 3.8) is 0 Å². The van der Waals surface area contributed by atoms with Crippen LogP contribution in [0.2, 0.25) is 0 Å². The van der Waals surface area contributed by atoms with E-state index in [0.717, 1.165) is 0 Å². The molecule has 0 spiro atoms. The van der Waals surface area contributed by atoms with Crippen LogP contribution >= 0.6 is 15.9 Å². The van der Waals surface area contributed by atoms with Gasteiger partial charge in [-0.3, -0.25) is 0 Å². The van der Waals surface area contributed by atoms with Crippen LogP contribution in [-0.4, -0.2) is 0 Å². The highest BCUT2D eigenvalue weighted by atomic mass is 79.9. The van der Waals surface area contributed by atoms with Crippen molar-refractivity contribution < 1.29 is 0 Å². The molecule has 0 N–H and O–H groups in total. The van der Waals surface area contributed by atoms with Gasteiger partial charge in [-0.05, 0) is 34.7 Å². The van der Waals surface area contributed by atoms with Crippen molar-refractivity contribution in [2.45, 2.75) is 26.2 Å². The molecule has 2 aromatic carbocycles. The summed E-state index contributed by atoms with van der Waals surface area (Å²) in [5.41, 5.74) is 1.45. The largest absolute Gasteiger partial charge is 0.0648 e. The Labute approximate surface area is 99.4 Å². The van der Waals surface area contributed by atoms with Crippen LogP contribution in [0.5, 0.6) is 0 Å². The predicted molar refractivity (Wildman–Crippen MR) is 70.4 cm³/mol. The van der Waals surface area contributed by atoms with Crippen LogP contribution in [0.4, 0.5) is 0 Å². The minimum atomic E-state index is 0.628. The molecule has 0 heterocycles. The third-order valence-electron chi connectivity index (χ3n) is 3.05. The molecule has 15 heavy (non-hydrogen) atoms. The summed E-state index contributed by atoms with van der Waals surface area (Å²) in [5.74, 6) is 0.628. The Morgan fingerprint density at radius 3 is 2.40 bits per heavy atom. The van der Waals surface area contributed by atoms with Gasteiger partial charge in [0.05, 0.1) is 0 Å². The molecule has 0 aliphatic carbocycles. The molecule has 0 radical (unpaired) electrons. The van der Waals surface area contributed by atoms with Crippen molar-refractivity contribution >= 4 is 26.7 Å². The Balaban J connectivity index is 2.71. The Morgan fingerprint density at radius 2 is 1.73 bits per heavy atom. The maximum absolute atomic E-state index is 3.60. The molecule has 78 valence electrons. The molecule has 0 aliphatic heterocycles. The molecule has 0 fully saturated rings. The Kier molecular flexibility index (Phi) is 3.11. The molecule has 0 nitrogen and oxygen atoms in total. The smallest absolute Gasteiger partial charge is 0.0253 e.